The molecule has 1 aromatic rings. The molecule has 0 unspecified atom stereocenters. The predicted octanol–water partition coefficient (Wildman–Crippen LogP) is 1.75. The third-order valence-electron chi connectivity index (χ3n) is 3.53. The smallest absolute Gasteiger partial charge is 0.315 e. The number of rotatable bonds is 4. The van der Waals surface area contributed by atoms with Crippen molar-refractivity contribution in [1.82, 2.24) is 10.6 Å². The van der Waals surface area contributed by atoms with Crippen LogP contribution in [0.1, 0.15) is 31.2 Å². The molecule has 4 nitrogen and oxygen atoms in total. The molecule has 1 fully saturated rings. The largest absolute Gasteiger partial charge is 0.395 e. The number of aliphatic hydroxyl groups is 1. The van der Waals surface area contributed by atoms with Crippen LogP contribution in [0.3, 0.4) is 0 Å². The molecule has 0 radical (unpaired) electrons. The SMILES string of the molecule is O=C(NCCO)NC1(c2ccccc2)CCCC1. The van der Waals surface area contributed by atoms with Crippen LogP contribution in [-0.2, 0) is 5.54 Å². The van der Waals surface area contributed by atoms with Gasteiger partial charge in [0.1, 0.15) is 0 Å². The molecule has 1 aliphatic rings. The van der Waals surface area contributed by atoms with E-state index in [1.165, 1.54) is 5.56 Å². The Morgan fingerprint density at radius 1 is 1.22 bits per heavy atom. The third kappa shape index (κ3) is 2.82. The van der Waals surface area contributed by atoms with Gasteiger partial charge in [0.15, 0.2) is 0 Å². The zero-order chi connectivity index (χ0) is 12.8. The molecular formula is C14H20N2O2. The minimum absolute atomic E-state index is 0.0360. The first-order valence-electron chi connectivity index (χ1n) is 6.49. The van der Waals surface area contributed by atoms with Crippen molar-refractivity contribution < 1.29 is 9.90 Å². The van der Waals surface area contributed by atoms with E-state index in [2.05, 4.69) is 22.8 Å². The van der Waals surface area contributed by atoms with Crippen molar-refractivity contribution in [2.24, 2.45) is 0 Å². The maximum Gasteiger partial charge on any atom is 0.315 e. The van der Waals surface area contributed by atoms with Gasteiger partial charge in [-0.25, -0.2) is 4.79 Å². The zero-order valence-corrected chi connectivity index (χ0v) is 10.5. The molecule has 2 rings (SSSR count). The van der Waals surface area contributed by atoms with Gasteiger partial charge in [-0.2, -0.15) is 0 Å². The van der Waals surface area contributed by atoms with Gasteiger partial charge in [0, 0.05) is 6.54 Å². The van der Waals surface area contributed by atoms with Crippen molar-refractivity contribution in [3.05, 3.63) is 35.9 Å². The van der Waals surface area contributed by atoms with E-state index in [-0.39, 0.29) is 24.7 Å². The van der Waals surface area contributed by atoms with E-state index in [1.807, 2.05) is 18.2 Å². The van der Waals surface area contributed by atoms with Gasteiger partial charge in [0.2, 0.25) is 0 Å². The van der Waals surface area contributed by atoms with Crippen LogP contribution in [-0.4, -0.2) is 24.3 Å². The first kappa shape index (κ1) is 12.9. The maximum atomic E-state index is 11.8. The van der Waals surface area contributed by atoms with Crippen LogP contribution in [0.2, 0.25) is 0 Å². The van der Waals surface area contributed by atoms with Crippen LogP contribution in [0.4, 0.5) is 4.79 Å². The van der Waals surface area contributed by atoms with Gasteiger partial charge in [0.05, 0.1) is 12.1 Å². The van der Waals surface area contributed by atoms with E-state index in [4.69, 9.17) is 5.11 Å². The number of benzene rings is 1. The monoisotopic (exact) mass is 248 g/mol. The summed E-state index contributed by atoms with van der Waals surface area (Å²) in [5.74, 6) is 0. The number of carbonyl (C=O) groups excluding carboxylic acids is 1. The minimum Gasteiger partial charge on any atom is -0.395 e. The van der Waals surface area contributed by atoms with Gasteiger partial charge >= 0.3 is 6.03 Å². The first-order valence-corrected chi connectivity index (χ1v) is 6.49. The summed E-state index contributed by atoms with van der Waals surface area (Å²) in [6, 6.07) is 9.92. The Labute approximate surface area is 107 Å². The molecule has 0 aromatic heterocycles. The standard InChI is InChI=1S/C14H20N2O2/c17-11-10-15-13(18)16-14(8-4-5-9-14)12-6-2-1-3-7-12/h1-3,6-7,17H,4-5,8-11H2,(H2,15,16,18). The van der Waals surface area contributed by atoms with Crippen LogP contribution in [0.5, 0.6) is 0 Å². The van der Waals surface area contributed by atoms with E-state index in [0.717, 1.165) is 25.7 Å². The predicted molar refractivity (Wildman–Crippen MR) is 70.2 cm³/mol. The highest BCUT2D eigenvalue weighted by Crippen LogP contribution is 2.38. The number of carbonyl (C=O) groups is 1. The number of hydrogen-bond donors (Lipinski definition) is 3. The lowest BCUT2D eigenvalue weighted by molar-refractivity contribution is 0.219. The summed E-state index contributed by atoms with van der Waals surface area (Å²) in [4.78, 5) is 11.8. The van der Waals surface area contributed by atoms with Gasteiger partial charge in [0.25, 0.3) is 0 Å². The third-order valence-corrected chi connectivity index (χ3v) is 3.53. The lowest BCUT2D eigenvalue weighted by atomic mass is 9.88. The molecule has 1 aliphatic carbocycles. The summed E-state index contributed by atoms with van der Waals surface area (Å²) in [5, 5.41) is 14.5. The van der Waals surface area contributed by atoms with Gasteiger partial charge in [-0.3, -0.25) is 0 Å². The molecule has 0 bridgehead atoms. The van der Waals surface area contributed by atoms with Crippen LogP contribution in [0.25, 0.3) is 0 Å². The molecule has 0 atom stereocenters. The Morgan fingerprint density at radius 3 is 2.50 bits per heavy atom. The normalized spacial score (nSPS) is 17.4. The van der Waals surface area contributed by atoms with Crippen molar-refractivity contribution in [3.8, 4) is 0 Å². The van der Waals surface area contributed by atoms with Gasteiger partial charge < -0.3 is 15.7 Å². The topological polar surface area (TPSA) is 61.4 Å². The Kier molecular flexibility index (Phi) is 4.20. The number of aliphatic hydroxyl groups excluding tert-OH is 1. The highest BCUT2D eigenvalue weighted by Gasteiger charge is 2.36. The number of nitrogens with one attached hydrogen (secondary N) is 2. The average molecular weight is 248 g/mol. The van der Waals surface area contributed by atoms with E-state index < -0.39 is 0 Å². The Hall–Kier alpha value is -1.55. The summed E-state index contributed by atoms with van der Waals surface area (Å²) in [6.07, 6.45) is 4.22. The highest BCUT2D eigenvalue weighted by molar-refractivity contribution is 5.75. The Balaban J connectivity index is 2.10. The maximum absolute atomic E-state index is 11.8. The van der Waals surface area contributed by atoms with Crippen molar-refractivity contribution >= 4 is 6.03 Å². The van der Waals surface area contributed by atoms with Crippen LogP contribution >= 0.6 is 0 Å². The average Bonchev–Trinajstić information content (AvgIpc) is 2.87. The molecule has 18 heavy (non-hydrogen) atoms. The number of amides is 2. The van der Waals surface area contributed by atoms with Gasteiger partial charge in [-0.1, -0.05) is 43.2 Å². The second kappa shape index (κ2) is 5.87. The molecule has 98 valence electrons. The molecule has 1 saturated carbocycles. The molecule has 3 N–H and O–H groups in total. The summed E-state index contributed by atoms with van der Waals surface area (Å²) in [7, 11) is 0. The minimum atomic E-state index is -0.235. The highest BCUT2D eigenvalue weighted by atomic mass is 16.3. The fraction of sp³-hybridized carbons (Fsp3) is 0.500. The van der Waals surface area contributed by atoms with Crippen molar-refractivity contribution in [3.63, 3.8) is 0 Å². The fourth-order valence-corrected chi connectivity index (χ4v) is 2.65. The summed E-state index contributed by atoms with van der Waals surface area (Å²) in [6.45, 7) is 0.252. The first-order chi connectivity index (χ1) is 8.77. The van der Waals surface area contributed by atoms with E-state index in [9.17, 15) is 4.79 Å². The van der Waals surface area contributed by atoms with Crippen LogP contribution in [0, 0.1) is 0 Å². The molecule has 2 amide bonds. The van der Waals surface area contributed by atoms with Crippen molar-refractivity contribution in [1.29, 1.82) is 0 Å². The molecule has 0 spiro atoms. The summed E-state index contributed by atoms with van der Waals surface area (Å²) in [5.41, 5.74) is 0.933. The molecule has 0 aliphatic heterocycles. The van der Waals surface area contributed by atoms with Crippen LogP contribution < -0.4 is 10.6 Å². The summed E-state index contributed by atoms with van der Waals surface area (Å²) >= 11 is 0. The lowest BCUT2D eigenvalue weighted by Crippen LogP contribution is -2.49. The quantitative estimate of drug-likeness (QED) is 0.760. The Morgan fingerprint density at radius 2 is 1.89 bits per heavy atom. The van der Waals surface area contributed by atoms with E-state index in [1.54, 1.807) is 0 Å². The summed E-state index contributed by atoms with van der Waals surface area (Å²) < 4.78 is 0. The van der Waals surface area contributed by atoms with Crippen LogP contribution in [0.15, 0.2) is 30.3 Å². The number of hydrogen-bond acceptors (Lipinski definition) is 2. The molecule has 1 aromatic carbocycles. The second-order valence-corrected chi connectivity index (χ2v) is 4.76. The molecular weight excluding hydrogens is 228 g/mol. The van der Waals surface area contributed by atoms with E-state index in [0.29, 0.717) is 0 Å². The van der Waals surface area contributed by atoms with Crippen molar-refractivity contribution in [2.45, 2.75) is 31.2 Å². The molecule has 4 heteroatoms. The van der Waals surface area contributed by atoms with E-state index >= 15 is 0 Å². The second-order valence-electron chi connectivity index (χ2n) is 4.76. The zero-order valence-electron chi connectivity index (χ0n) is 10.5. The molecule has 0 saturated heterocycles. The fourth-order valence-electron chi connectivity index (χ4n) is 2.65. The van der Waals surface area contributed by atoms with Crippen molar-refractivity contribution in [2.75, 3.05) is 13.2 Å². The number of urea groups is 1. The van der Waals surface area contributed by atoms with Gasteiger partial charge in [-0.05, 0) is 18.4 Å². The van der Waals surface area contributed by atoms with Gasteiger partial charge in [-0.15, -0.1) is 0 Å². The lowest BCUT2D eigenvalue weighted by Gasteiger charge is -2.31. The Bertz CT molecular complexity index is 386. The molecule has 0 heterocycles.